The lowest BCUT2D eigenvalue weighted by Crippen LogP contribution is -2.50. The third-order valence-electron chi connectivity index (χ3n) is 4.49. The molecule has 1 aliphatic rings. The summed E-state index contributed by atoms with van der Waals surface area (Å²) in [4.78, 5) is 16.8. The van der Waals surface area contributed by atoms with Crippen LogP contribution in [0.5, 0.6) is 5.75 Å². The number of aryl methyl sites for hydroxylation is 2. The topological polar surface area (TPSA) is 66.9 Å². The van der Waals surface area contributed by atoms with Gasteiger partial charge in [-0.1, -0.05) is 0 Å². The summed E-state index contributed by atoms with van der Waals surface area (Å²) in [5, 5.41) is 0. The van der Waals surface area contributed by atoms with Crippen molar-refractivity contribution in [2.75, 3.05) is 33.3 Å². The second-order valence-corrected chi connectivity index (χ2v) is 9.60. The van der Waals surface area contributed by atoms with Crippen molar-refractivity contribution in [3.05, 3.63) is 45.6 Å². The second-order valence-electron chi connectivity index (χ2n) is 6.20. The molecule has 0 atom stereocenters. The monoisotopic (exact) mass is 394 g/mol. The molecule has 1 aromatic heterocycles. The van der Waals surface area contributed by atoms with Crippen LogP contribution in [0.1, 0.15) is 20.1 Å². The molecule has 1 saturated heterocycles. The Balaban J connectivity index is 1.69. The maximum atomic E-state index is 12.8. The van der Waals surface area contributed by atoms with Crippen molar-refractivity contribution < 1.29 is 17.9 Å². The van der Waals surface area contributed by atoms with E-state index in [1.165, 1.54) is 11.4 Å². The van der Waals surface area contributed by atoms with Crippen molar-refractivity contribution in [2.24, 2.45) is 0 Å². The van der Waals surface area contributed by atoms with E-state index >= 15 is 0 Å². The zero-order valence-electron chi connectivity index (χ0n) is 15.1. The molecular formula is C18H22N2O4S2. The van der Waals surface area contributed by atoms with Gasteiger partial charge in [0.15, 0.2) is 0 Å². The van der Waals surface area contributed by atoms with E-state index in [1.54, 1.807) is 40.5 Å². The van der Waals surface area contributed by atoms with Gasteiger partial charge in [-0.3, -0.25) is 4.79 Å². The maximum absolute atomic E-state index is 12.8. The predicted molar refractivity (Wildman–Crippen MR) is 101 cm³/mol. The van der Waals surface area contributed by atoms with Crippen molar-refractivity contribution in [1.82, 2.24) is 9.21 Å². The van der Waals surface area contributed by atoms with Gasteiger partial charge in [0, 0.05) is 35.9 Å². The number of methoxy groups -OCH3 is 1. The Hall–Kier alpha value is -1.90. The molecule has 3 rings (SSSR count). The van der Waals surface area contributed by atoms with Gasteiger partial charge in [0.25, 0.3) is 5.91 Å². The van der Waals surface area contributed by atoms with Gasteiger partial charge in [-0.15, -0.1) is 11.3 Å². The molecule has 0 radical (unpaired) electrons. The fourth-order valence-corrected chi connectivity index (χ4v) is 5.38. The van der Waals surface area contributed by atoms with E-state index in [0.717, 1.165) is 15.3 Å². The lowest BCUT2D eigenvalue weighted by atomic mass is 10.2. The number of carbonyl (C=O) groups is 1. The number of benzene rings is 1. The van der Waals surface area contributed by atoms with Crippen LogP contribution in [0.25, 0.3) is 0 Å². The minimum atomic E-state index is -3.56. The molecule has 1 aromatic carbocycles. The second kappa shape index (κ2) is 7.38. The highest BCUT2D eigenvalue weighted by Crippen LogP contribution is 2.24. The summed E-state index contributed by atoms with van der Waals surface area (Å²) < 4.78 is 32.1. The van der Waals surface area contributed by atoms with Crippen LogP contribution in [0, 0.1) is 13.8 Å². The highest BCUT2D eigenvalue weighted by Gasteiger charge is 2.31. The molecule has 0 aliphatic carbocycles. The minimum absolute atomic E-state index is 0.0201. The summed E-state index contributed by atoms with van der Waals surface area (Å²) >= 11 is 1.60. The molecule has 1 amide bonds. The fourth-order valence-electron chi connectivity index (χ4n) is 3.04. The highest BCUT2D eigenvalue weighted by molar-refractivity contribution is 7.89. The van der Waals surface area contributed by atoms with Crippen LogP contribution in [0.15, 0.2) is 35.2 Å². The quantitative estimate of drug-likeness (QED) is 0.799. The average Bonchev–Trinajstić information content (AvgIpc) is 2.99. The Kier molecular flexibility index (Phi) is 5.36. The first-order valence-electron chi connectivity index (χ1n) is 8.33. The summed E-state index contributed by atoms with van der Waals surface area (Å²) in [6, 6.07) is 8.26. The summed E-state index contributed by atoms with van der Waals surface area (Å²) in [5.74, 6) is 0.592. The first-order valence-corrected chi connectivity index (χ1v) is 10.6. The first kappa shape index (κ1) is 18.9. The molecule has 26 heavy (non-hydrogen) atoms. The van der Waals surface area contributed by atoms with Crippen molar-refractivity contribution in [3.8, 4) is 5.75 Å². The van der Waals surface area contributed by atoms with Crippen molar-refractivity contribution >= 4 is 27.3 Å². The van der Waals surface area contributed by atoms with Crippen LogP contribution in [0.4, 0.5) is 0 Å². The molecule has 6 nitrogen and oxygen atoms in total. The SMILES string of the molecule is COc1ccc(S(=O)(=O)N2CCN(C(=O)c3cc(C)sc3C)CC2)cc1. The average molecular weight is 395 g/mol. The van der Waals surface area contributed by atoms with E-state index in [9.17, 15) is 13.2 Å². The number of hydrogen-bond donors (Lipinski definition) is 0. The van der Waals surface area contributed by atoms with Crippen molar-refractivity contribution in [2.45, 2.75) is 18.7 Å². The molecule has 2 aromatic rings. The molecular weight excluding hydrogens is 372 g/mol. The first-order chi connectivity index (χ1) is 12.3. The Bertz CT molecular complexity index is 896. The van der Waals surface area contributed by atoms with Crippen molar-refractivity contribution in [3.63, 3.8) is 0 Å². The molecule has 140 valence electrons. The van der Waals surface area contributed by atoms with Gasteiger partial charge in [-0.2, -0.15) is 4.31 Å². The Morgan fingerprint density at radius 2 is 1.69 bits per heavy atom. The summed E-state index contributed by atoms with van der Waals surface area (Å²) in [5.41, 5.74) is 0.721. The molecule has 0 N–H and O–H groups in total. The van der Waals surface area contributed by atoms with E-state index in [2.05, 4.69) is 0 Å². The van der Waals surface area contributed by atoms with Crippen LogP contribution in [-0.2, 0) is 10.0 Å². The number of rotatable bonds is 4. The molecule has 1 aliphatic heterocycles. The molecule has 2 heterocycles. The van der Waals surface area contributed by atoms with Gasteiger partial charge >= 0.3 is 0 Å². The van der Waals surface area contributed by atoms with Gasteiger partial charge in [-0.05, 0) is 44.2 Å². The predicted octanol–water partition coefficient (Wildman–Crippen LogP) is 2.52. The van der Waals surface area contributed by atoms with Crippen molar-refractivity contribution in [1.29, 1.82) is 0 Å². The lowest BCUT2D eigenvalue weighted by molar-refractivity contribution is 0.0697. The van der Waals surface area contributed by atoms with E-state index in [-0.39, 0.29) is 10.8 Å². The van der Waals surface area contributed by atoms with Gasteiger partial charge < -0.3 is 9.64 Å². The third kappa shape index (κ3) is 3.62. The zero-order valence-corrected chi connectivity index (χ0v) is 16.7. The largest absolute Gasteiger partial charge is 0.497 e. The number of thiophene rings is 1. The van der Waals surface area contributed by atoms with E-state index in [1.807, 2.05) is 19.9 Å². The number of amides is 1. The normalized spacial score (nSPS) is 15.9. The molecule has 8 heteroatoms. The fraction of sp³-hybridized carbons (Fsp3) is 0.389. The van der Waals surface area contributed by atoms with Crippen LogP contribution in [0.3, 0.4) is 0 Å². The Morgan fingerprint density at radius 1 is 1.08 bits per heavy atom. The summed E-state index contributed by atoms with van der Waals surface area (Å²) in [6.45, 7) is 5.29. The number of piperazine rings is 1. The summed E-state index contributed by atoms with van der Waals surface area (Å²) in [7, 11) is -2.02. The van der Waals surface area contributed by atoms with Crippen LogP contribution in [-0.4, -0.2) is 56.8 Å². The Labute approximate surface area is 158 Å². The molecule has 1 fully saturated rings. The van der Waals surface area contributed by atoms with Crippen LogP contribution >= 0.6 is 11.3 Å². The van der Waals surface area contributed by atoms with Gasteiger partial charge in [0.2, 0.25) is 10.0 Å². The molecule has 0 saturated carbocycles. The van der Waals surface area contributed by atoms with Crippen LogP contribution in [0.2, 0.25) is 0 Å². The third-order valence-corrected chi connectivity index (χ3v) is 7.37. The van der Waals surface area contributed by atoms with E-state index < -0.39 is 10.0 Å². The zero-order chi connectivity index (χ0) is 18.9. The van der Waals surface area contributed by atoms with Crippen LogP contribution < -0.4 is 4.74 Å². The van der Waals surface area contributed by atoms with Gasteiger partial charge in [0.05, 0.1) is 17.6 Å². The number of sulfonamides is 1. The lowest BCUT2D eigenvalue weighted by Gasteiger charge is -2.34. The number of carbonyl (C=O) groups excluding carboxylic acids is 1. The summed E-state index contributed by atoms with van der Waals surface area (Å²) in [6.07, 6.45) is 0. The van der Waals surface area contributed by atoms with E-state index in [0.29, 0.717) is 31.9 Å². The van der Waals surface area contributed by atoms with Gasteiger partial charge in [-0.25, -0.2) is 8.42 Å². The standard InChI is InChI=1S/C18H22N2O4S2/c1-13-12-17(14(2)25-13)18(21)19-8-10-20(11-9-19)26(22,23)16-6-4-15(24-3)5-7-16/h4-7,12H,8-11H2,1-3H3. The number of ether oxygens (including phenoxy) is 1. The minimum Gasteiger partial charge on any atom is -0.497 e. The molecule has 0 unspecified atom stereocenters. The smallest absolute Gasteiger partial charge is 0.255 e. The van der Waals surface area contributed by atoms with Gasteiger partial charge in [0.1, 0.15) is 5.75 Å². The number of nitrogens with zero attached hydrogens (tertiary/aromatic N) is 2. The van der Waals surface area contributed by atoms with E-state index in [4.69, 9.17) is 4.74 Å². The molecule has 0 spiro atoms. The molecule has 0 bridgehead atoms. The Morgan fingerprint density at radius 3 is 2.19 bits per heavy atom. The number of hydrogen-bond acceptors (Lipinski definition) is 5. The maximum Gasteiger partial charge on any atom is 0.255 e. The highest BCUT2D eigenvalue weighted by atomic mass is 32.2.